The van der Waals surface area contributed by atoms with Crippen LogP contribution in [0.3, 0.4) is 0 Å². The average Bonchev–Trinajstić information content (AvgIpc) is 3.59. The van der Waals surface area contributed by atoms with Crippen LogP contribution in [0, 0.1) is 46.9 Å². The number of hydrogen-bond donors (Lipinski definition) is 6. The largest absolute Gasteiger partial charge is 0.507 e. The van der Waals surface area contributed by atoms with E-state index in [9.17, 15) is 34.7 Å². The maximum absolute atomic E-state index is 14.6. The molecule has 5 rings (SSSR count). The number of nitrogens with one attached hydrogen (secondary N) is 3. The Kier molecular flexibility index (Phi) is 9.86. The summed E-state index contributed by atoms with van der Waals surface area (Å²) in [5, 5.41) is 58.7. The van der Waals surface area contributed by atoms with E-state index in [4.69, 9.17) is 34.2 Å². The Morgan fingerprint density at radius 2 is 1.68 bits per heavy atom. The van der Waals surface area contributed by atoms with Crippen LogP contribution in [0.4, 0.5) is 4.39 Å². The Morgan fingerprint density at radius 3 is 2.34 bits per heavy atom. The van der Waals surface area contributed by atoms with Gasteiger partial charge in [0.15, 0.2) is 5.96 Å². The van der Waals surface area contributed by atoms with Crippen molar-refractivity contribution >= 4 is 46.9 Å². The summed E-state index contributed by atoms with van der Waals surface area (Å²) < 4.78 is 14.6. The summed E-state index contributed by atoms with van der Waals surface area (Å²) in [5.41, 5.74) is 4.93. The van der Waals surface area contributed by atoms with Gasteiger partial charge >= 0.3 is 0 Å². The number of phenolic OH excluding ortho intramolecular Hbond substituents is 2. The second-order valence-electron chi connectivity index (χ2n) is 10.6. The molecule has 0 saturated heterocycles. The lowest BCUT2D eigenvalue weighted by Gasteiger charge is -2.20. The van der Waals surface area contributed by atoms with E-state index in [1.54, 1.807) is 6.92 Å². The molecule has 1 aliphatic rings. The highest BCUT2D eigenvalue weighted by Gasteiger charge is 2.29. The lowest BCUT2D eigenvalue weighted by molar-refractivity contribution is 0.0965. The number of benzene rings is 4. The molecular weight excluding hydrogens is 688 g/mol. The minimum atomic E-state index is -1.11. The molecule has 2 amide bonds. The molecular formula is C34H22Cl2FN9O4. The standard InChI is InChI=1S/C34H22Cl2FN9O4/c1-15-9-21(25-16(12-38)5-6-24(47)27(25)31(49)46-34-42-7-8-43-34)22(35)11-19(15)20-10-17(13-39)26(18-3-2-4-23(37)29(18)36)28(30(20)48)32(50)45-33(41)44-14-40/h2-6,9-11,47-48H,7-8H2,1H3,(H3,41,44,45,50)(H2,42,43,46,49). The van der Waals surface area contributed by atoms with E-state index in [0.29, 0.717) is 18.7 Å². The van der Waals surface area contributed by atoms with Crippen molar-refractivity contribution in [2.45, 2.75) is 6.92 Å². The van der Waals surface area contributed by atoms with Crippen LogP contribution >= 0.6 is 23.2 Å². The molecule has 0 spiro atoms. The maximum atomic E-state index is 14.6. The van der Waals surface area contributed by atoms with Crippen LogP contribution in [0.1, 0.15) is 37.4 Å². The number of guanidine groups is 2. The summed E-state index contributed by atoms with van der Waals surface area (Å²) in [6, 6.07) is 14.3. The van der Waals surface area contributed by atoms with E-state index in [2.05, 4.69) is 25.9 Å². The van der Waals surface area contributed by atoms with E-state index < -0.39 is 45.7 Å². The zero-order chi connectivity index (χ0) is 36.3. The van der Waals surface area contributed by atoms with E-state index in [-0.39, 0.29) is 61.1 Å². The molecule has 13 nitrogen and oxygen atoms in total. The Hall–Kier alpha value is -6.66. The topological polar surface area (TPSA) is 233 Å². The molecule has 0 atom stereocenters. The first kappa shape index (κ1) is 34.7. The van der Waals surface area contributed by atoms with Gasteiger partial charge in [-0.3, -0.25) is 25.2 Å². The zero-order valence-corrected chi connectivity index (χ0v) is 27.2. The number of rotatable bonds is 5. The van der Waals surface area contributed by atoms with Crippen molar-refractivity contribution in [3.05, 3.63) is 92.2 Å². The molecule has 0 aliphatic carbocycles. The second kappa shape index (κ2) is 14.2. The summed E-state index contributed by atoms with van der Waals surface area (Å²) in [7, 11) is 0. The van der Waals surface area contributed by atoms with Crippen molar-refractivity contribution in [3.8, 4) is 63.2 Å². The van der Waals surface area contributed by atoms with Crippen LogP contribution in [-0.4, -0.2) is 47.0 Å². The van der Waals surface area contributed by atoms with E-state index in [1.165, 1.54) is 48.7 Å². The lowest BCUT2D eigenvalue weighted by atomic mass is 9.86. The van der Waals surface area contributed by atoms with Gasteiger partial charge in [-0.2, -0.15) is 15.8 Å². The number of aliphatic imine (C=N–C) groups is 2. The normalized spacial score (nSPS) is 12.2. The molecule has 4 aromatic rings. The molecule has 50 heavy (non-hydrogen) atoms. The number of aromatic hydroxyl groups is 2. The van der Waals surface area contributed by atoms with Gasteiger partial charge in [0.05, 0.1) is 46.0 Å². The number of hydrogen-bond acceptors (Lipinski definition) is 10. The highest BCUT2D eigenvalue weighted by atomic mass is 35.5. The third-order valence-electron chi connectivity index (χ3n) is 7.59. The number of phenols is 2. The van der Waals surface area contributed by atoms with Crippen molar-refractivity contribution in [3.63, 3.8) is 0 Å². The fourth-order valence-electron chi connectivity index (χ4n) is 5.43. The molecule has 1 heterocycles. The smallest absolute Gasteiger partial charge is 0.262 e. The SMILES string of the molecule is Cc1cc(-c2c(C#N)ccc(O)c2C(=O)NC2=NCCN2)c(Cl)cc1-c1cc(C#N)c(-c2cccc(F)c2Cl)c(C(=O)N/C(N)=N/C#N)c1O. The van der Waals surface area contributed by atoms with Crippen LogP contribution < -0.4 is 21.7 Å². The van der Waals surface area contributed by atoms with Crippen LogP contribution in [0.25, 0.3) is 33.4 Å². The molecule has 0 aromatic heterocycles. The number of nitriles is 3. The summed E-state index contributed by atoms with van der Waals surface area (Å²) in [6.07, 6.45) is 1.41. The second-order valence-corrected chi connectivity index (χ2v) is 11.4. The van der Waals surface area contributed by atoms with Crippen LogP contribution in [0.2, 0.25) is 10.0 Å². The molecule has 1 aliphatic heterocycles. The number of nitrogens with two attached hydrogens (primary N) is 1. The Labute approximate surface area is 293 Å². The number of amides is 2. The fraction of sp³-hybridized carbons (Fsp3) is 0.0882. The van der Waals surface area contributed by atoms with Gasteiger partial charge < -0.3 is 21.3 Å². The van der Waals surface area contributed by atoms with Crippen molar-refractivity contribution in [2.24, 2.45) is 15.7 Å². The number of aryl methyl sites for hydroxylation is 1. The van der Waals surface area contributed by atoms with Crippen LogP contribution in [0.5, 0.6) is 11.5 Å². The molecule has 0 fully saturated rings. The van der Waals surface area contributed by atoms with Gasteiger partial charge in [-0.15, -0.1) is 4.99 Å². The Morgan fingerprint density at radius 1 is 0.960 bits per heavy atom. The van der Waals surface area contributed by atoms with Crippen molar-refractivity contribution < 1.29 is 24.2 Å². The molecule has 16 heteroatoms. The predicted molar refractivity (Wildman–Crippen MR) is 183 cm³/mol. The fourth-order valence-corrected chi connectivity index (χ4v) is 5.91. The zero-order valence-electron chi connectivity index (χ0n) is 25.7. The van der Waals surface area contributed by atoms with Gasteiger partial charge in [-0.25, -0.2) is 4.39 Å². The molecule has 0 saturated carbocycles. The molecule has 248 valence electrons. The van der Waals surface area contributed by atoms with Crippen molar-refractivity contribution in [1.29, 1.82) is 15.8 Å². The monoisotopic (exact) mass is 709 g/mol. The Bertz CT molecular complexity index is 2320. The molecule has 0 bridgehead atoms. The maximum Gasteiger partial charge on any atom is 0.262 e. The van der Waals surface area contributed by atoms with Gasteiger partial charge in [0.25, 0.3) is 11.8 Å². The van der Waals surface area contributed by atoms with Gasteiger partial charge in [-0.1, -0.05) is 35.3 Å². The first-order valence-corrected chi connectivity index (χ1v) is 15.1. The molecule has 4 aromatic carbocycles. The van der Waals surface area contributed by atoms with E-state index >= 15 is 0 Å². The third kappa shape index (κ3) is 6.42. The minimum absolute atomic E-state index is 0.00448. The number of carbonyl (C=O) groups is 2. The van der Waals surface area contributed by atoms with Crippen molar-refractivity contribution in [2.75, 3.05) is 13.1 Å². The minimum Gasteiger partial charge on any atom is -0.507 e. The van der Waals surface area contributed by atoms with Gasteiger partial charge in [0, 0.05) is 39.4 Å². The first-order valence-electron chi connectivity index (χ1n) is 14.4. The summed E-state index contributed by atoms with van der Waals surface area (Å²) >= 11 is 13.1. The lowest BCUT2D eigenvalue weighted by Crippen LogP contribution is -2.38. The Balaban J connectivity index is 1.75. The average molecular weight is 711 g/mol. The molecule has 7 N–H and O–H groups in total. The van der Waals surface area contributed by atoms with E-state index in [1.807, 2.05) is 12.1 Å². The number of halogens is 3. The van der Waals surface area contributed by atoms with E-state index in [0.717, 1.165) is 6.07 Å². The summed E-state index contributed by atoms with van der Waals surface area (Å²) in [5.74, 6) is -4.32. The molecule has 0 unspecified atom stereocenters. The summed E-state index contributed by atoms with van der Waals surface area (Å²) in [4.78, 5) is 34.3. The molecule has 0 radical (unpaired) electrons. The van der Waals surface area contributed by atoms with Crippen LogP contribution in [-0.2, 0) is 0 Å². The van der Waals surface area contributed by atoms with Gasteiger partial charge in [0.2, 0.25) is 12.2 Å². The van der Waals surface area contributed by atoms with Crippen LogP contribution in [0.15, 0.2) is 58.5 Å². The summed E-state index contributed by atoms with van der Waals surface area (Å²) in [6.45, 7) is 2.53. The number of nitrogens with zero attached hydrogens (tertiary/aromatic N) is 5. The third-order valence-corrected chi connectivity index (χ3v) is 8.29. The quantitative estimate of drug-likeness (QED) is 0.0946. The predicted octanol–water partition coefficient (Wildman–Crippen LogP) is 4.81. The van der Waals surface area contributed by atoms with Crippen molar-refractivity contribution in [1.82, 2.24) is 16.0 Å². The number of carbonyl (C=O) groups excluding carboxylic acids is 2. The van der Waals surface area contributed by atoms with Gasteiger partial charge in [0.1, 0.15) is 17.3 Å². The first-order chi connectivity index (χ1) is 23.9. The highest BCUT2D eigenvalue weighted by Crippen LogP contribution is 2.46. The van der Waals surface area contributed by atoms with Gasteiger partial charge in [-0.05, 0) is 54.4 Å². The highest BCUT2D eigenvalue weighted by molar-refractivity contribution is 6.35.